The summed E-state index contributed by atoms with van der Waals surface area (Å²) in [5.41, 5.74) is -0.00420. The van der Waals surface area contributed by atoms with Gasteiger partial charge in [0.05, 0.1) is 6.61 Å². The van der Waals surface area contributed by atoms with Gasteiger partial charge in [-0.1, -0.05) is 43.2 Å². The van der Waals surface area contributed by atoms with Crippen molar-refractivity contribution in [1.82, 2.24) is 4.90 Å². The van der Waals surface area contributed by atoms with Crippen LogP contribution in [-0.4, -0.2) is 47.8 Å². The summed E-state index contributed by atoms with van der Waals surface area (Å²) in [7, 11) is 2.19. The lowest BCUT2D eigenvalue weighted by molar-refractivity contribution is -0.162. The molecule has 2 aliphatic heterocycles. The summed E-state index contributed by atoms with van der Waals surface area (Å²) >= 11 is 0. The van der Waals surface area contributed by atoms with E-state index in [1.54, 1.807) is 0 Å². The SMILES string of the molecule is CN1C2CCC1CC(OC(=O)C(CO)(CC1CC1)c1ccccc1)C2. The molecule has 4 heteroatoms. The van der Waals surface area contributed by atoms with Gasteiger partial charge in [0.25, 0.3) is 0 Å². The summed E-state index contributed by atoms with van der Waals surface area (Å²) in [4.78, 5) is 15.7. The summed E-state index contributed by atoms with van der Waals surface area (Å²) < 4.78 is 6.03. The zero-order chi connectivity index (χ0) is 17.4. The van der Waals surface area contributed by atoms with E-state index in [0.29, 0.717) is 24.4 Å². The second kappa shape index (κ2) is 6.73. The number of ether oxygens (including phenoxy) is 1. The molecule has 1 aliphatic carbocycles. The minimum atomic E-state index is -0.898. The molecule has 25 heavy (non-hydrogen) atoms. The highest BCUT2D eigenvalue weighted by Crippen LogP contribution is 2.44. The molecular weight excluding hydrogens is 314 g/mol. The van der Waals surface area contributed by atoms with Gasteiger partial charge in [-0.2, -0.15) is 0 Å². The monoisotopic (exact) mass is 343 g/mol. The van der Waals surface area contributed by atoms with E-state index in [0.717, 1.165) is 31.2 Å². The fourth-order valence-corrected chi connectivity index (χ4v) is 4.83. The molecule has 2 saturated heterocycles. The van der Waals surface area contributed by atoms with Gasteiger partial charge in [0.1, 0.15) is 11.5 Å². The zero-order valence-corrected chi connectivity index (χ0v) is 15.1. The van der Waals surface area contributed by atoms with Crippen LogP contribution in [0.1, 0.15) is 50.5 Å². The maximum atomic E-state index is 13.2. The highest BCUT2D eigenvalue weighted by Gasteiger charge is 2.47. The van der Waals surface area contributed by atoms with Gasteiger partial charge in [0.2, 0.25) is 0 Å². The van der Waals surface area contributed by atoms with Crippen molar-refractivity contribution >= 4 is 5.97 Å². The zero-order valence-electron chi connectivity index (χ0n) is 15.1. The van der Waals surface area contributed by atoms with Crippen molar-refractivity contribution < 1.29 is 14.6 Å². The van der Waals surface area contributed by atoms with Crippen molar-refractivity contribution in [3.63, 3.8) is 0 Å². The van der Waals surface area contributed by atoms with Gasteiger partial charge in [-0.3, -0.25) is 4.79 Å². The third-order valence-electron chi connectivity index (χ3n) is 6.65. The van der Waals surface area contributed by atoms with Crippen molar-refractivity contribution in [3.05, 3.63) is 35.9 Å². The number of rotatable bonds is 6. The van der Waals surface area contributed by atoms with Gasteiger partial charge in [0.15, 0.2) is 0 Å². The number of piperidine rings is 1. The fourth-order valence-electron chi connectivity index (χ4n) is 4.83. The van der Waals surface area contributed by atoms with Crippen LogP contribution in [0.3, 0.4) is 0 Å². The number of aliphatic hydroxyl groups is 1. The molecule has 0 amide bonds. The lowest BCUT2D eigenvalue weighted by Gasteiger charge is -2.38. The van der Waals surface area contributed by atoms with Crippen LogP contribution < -0.4 is 0 Å². The summed E-state index contributed by atoms with van der Waals surface area (Å²) in [5, 5.41) is 10.3. The van der Waals surface area contributed by atoms with E-state index in [-0.39, 0.29) is 18.7 Å². The van der Waals surface area contributed by atoms with Gasteiger partial charge in [-0.15, -0.1) is 0 Å². The van der Waals surface area contributed by atoms with Crippen LogP contribution in [0.4, 0.5) is 0 Å². The second-order valence-electron chi connectivity index (χ2n) is 8.30. The fraction of sp³-hybridized carbons (Fsp3) is 0.667. The topological polar surface area (TPSA) is 49.8 Å². The van der Waals surface area contributed by atoms with Crippen molar-refractivity contribution in [2.45, 2.75) is 68.5 Å². The number of hydrogen-bond acceptors (Lipinski definition) is 4. The van der Waals surface area contributed by atoms with E-state index in [1.165, 1.54) is 12.8 Å². The van der Waals surface area contributed by atoms with Crippen LogP contribution >= 0.6 is 0 Å². The molecule has 3 atom stereocenters. The largest absolute Gasteiger partial charge is 0.462 e. The van der Waals surface area contributed by atoms with Crippen molar-refractivity contribution in [3.8, 4) is 0 Å². The van der Waals surface area contributed by atoms with Crippen molar-refractivity contribution in [2.24, 2.45) is 5.92 Å². The summed E-state index contributed by atoms with van der Waals surface area (Å²) in [6, 6.07) is 10.8. The molecule has 136 valence electrons. The molecule has 1 N–H and O–H groups in total. The Balaban J connectivity index is 1.53. The van der Waals surface area contributed by atoms with Crippen molar-refractivity contribution in [1.29, 1.82) is 0 Å². The molecule has 4 nitrogen and oxygen atoms in total. The van der Waals surface area contributed by atoms with Crippen LogP contribution in [0.2, 0.25) is 0 Å². The number of fused-ring (bicyclic) bond motifs is 2. The Kier molecular flexibility index (Phi) is 4.59. The number of carbonyl (C=O) groups is 1. The number of benzene rings is 1. The van der Waals surface area contributed by atoms with Crippen LogP contribution in [0, 0.1) is 5.92 Å². The molecule has 3 unspecified atom stereocenters. The van der Waals surface area contributed by atoms with Gasteiger partial charge < -0.3 is 14.7 Å². The maximum Gasteiger partial charge on any atom is 0.319 e. The maximum absolute atomic E-state index is 13.2. The molecule has 1 aromatic rings. The first-order chi connectivity index (χ1) is 12.1. The number of hydrogen-bond donors (Lipinski definition) is 1. The van der Waals surface area contributed by atoms with Crippen molar-refractivity contribution in [2.75, 3.05) is 13.7 Å². The quantitative estimate of drug-likeness (QED) is 0.807. The molecule has 2 heterocycles. The number of aliphatic hydroxyl groups excluding tert-OH is 1. The van der Waals surface area contributed by atoms with Crippen LogP contribution in [0.15, 0.2) is 30.3 Å². The van der Waals surface area contributed by atoms with Crippen LogP contribution in [-0.2, 0) is 14.9 Å². The first kappa shape index (κ1) is 17.0. The molecular formula is C21H29NO3. The summed E-state index contributed by atoms with van der Waals surface area (Å²) in [6.07, 6.45) is 7.28. The Hall–Kier alpha value is -1.39. The molecule has 4 rings (SSSR count). The Morgan fingerprint density at radius 2 is 1.80 bits per heavy atom. The second-order valence-corrected chi connectivity index (χ2v) is 8.30. The van der Waals surface area contributed by atoms with Gasteiger partial charge in [-0.25, -0.2) is 0 Å². The molecule has 0 aromatic heterocycles. The molecule has 2 bridgehead atoms. The van der Waals surface area contributed by atoms with E-state index < -0.39 is 5.41 Å². The van der Waals surface area contributed by atoms with E-state index >= 15 is 0 Å². The van der Waals surface area contributed by atoms with E-state index in [1.807, 2.05) is 30.3 Å². The average molecular weight is 343 g/mol. The highest BCUT2D eigenvalue weighted by atomic mass is 16.5. The smallest absolute Gasteiger partial charge is 0.319 e. The van der Waals surface area contributed by atoms with Gasteiger partial charge >= 0.3 is 5.97 Å². The minimum absolute atomic E-state index is 0.00459. The Labute approximate surface area is 150 Å². The lowest BCUT2D eigenvalue weighted by Crippen LogP contribution is -2.47. The standard InChI is InChI=1S/C21H29NO3/c1-22-17-9-10-18(22)12-19(11-17)25-20(24)21(14-23,13-15-7-8-15)16-5-3-2-4-6-16/h2-6,15,17-19,23H,7-14H2,1H3. The minimum Gasteiger partial charge on any atom is -0.462 e. The molecule has 1 aromatic carbocycles. The normalized spacial score (nSPS) is 31.5. The molecule has 0 spiro atoms. The van der Waals surface area contributed by atoms with E-state index in [4.69, 9.17) is 4.74 Å². The predicted octanol–water partition coefficient (Wildman–Crippen LogP) is 2.89. The van der Waals surface area contributed by atoms with E-state index in [2.05, 4.69) is 11.9 Å². The molecule has 1 saturated carbocycles. The molecule has 3 fully saturated rings. The third kappa shape index (κ3) is 3.22. The van der Waals surface area contributed by atoms with Crippen LogP contribution in [0.25, 0.3) is 0 Å². The summed E-state index contributed by atoms with van der Waals surface area (Å²) in [6.45, 7) is -0.175. The first-order valence-electron chi connectivity index (χ1n) is 9.72. The van der Waals surface area contributed by atoms with Gasteiger partial charge in [-0.05, 0) is 50.6 Å². The predicted molar refractivity (Wildman–Crippen MR) is 96.2 cm³/mol. The Morgan fingerprint density at radius 1 is 1.16 bits per heavy atom. The molecule has 0 radical (unpaired) electrons. The number of esters is 1. The summed E-state index contributed by atoms with van der Waals surface area (Å²) in [5.74, 6) is 0.315. The first-order valence-corrected chi connectivity index (χ1v) is 9.72. The Morgan fingerprint density at radius 3 is 2.36 bits per heavy atom. The third-order valence-corrected chi connectivity index (χ3v) is 6.65. The van der Waals surface area contributed by atoms with E-state index in [9.17, 15) is 9.90 Å². The average Bonchev–Trinajstić information content (AvgIpc) is 3.42. The van der Waals surface area contributed by atoms with Gasteiger partial charge in [0, 0.05) is 12.1 Å². The number of carbonyl (C=O) groups excluding carboxylic acids is 1. The molecule has 3 aliphatic rings. The van der Waals surface area contributed by atoms with Crippen LogP contribution in [0.5, 0.6) is 0 Å². The highest BCUT2D eigenvalue weighted by molar-refractivity contribution is 5.83. The Bertz CT molecular complexity index is 601. The lowest BCUT2D eigenvalue weighted by atomic mass is 9.76. The number of nitrogens with zero attached hydrogens (tertiary/aromatic N) is 1.